The third-order valence-electron chi connectivity index (χ3n) is 4.31. The molecule has 0 unspecified atom stereocenters. The topological polar surface area (TPSA) is 81.9 Å². The fourth-order valence-electron chi connectivity index (χ4n) is 2.84. The Kier molecular flexibility index (Phi) is 5.97. The second kappa shape index (κ2) is 8.78. The van der Waals surface area contributed by atoms with E-state index in [0.717, 1.165) is 18.7 Å². The summed E-state index contributed by atoms with van der Waals surface area (Å²) in [7, 11) is 0. The molecule has 1 aromatic heterocycles. The predicted molar refractivity (Wildman–Crippen MR) is 110 cm³/mol. The fraction of sp³-hybridized carbons (Fsp3) is 0.182. The van der Waals surface area contributed by atoms with Gasteiger partial charge >= 0.3 is 0 Å². The van der Waals surface area contributed by atoms with E-state index in [9.17, 15) is 4.79 Å². The Morgan fingerprint density at radius 2 is 1.79 bits per heavy atom. The summed E-state index contributed by atoms with van der Waals surface area (Å²) in [5, 5.41) is 11.9. The van der Waals surface area contributed by atoms with Crippen molar-refractivity contribution in [2.45, 2.75) is 13.8 Å². The molecule has 0 bridgehead atoms. The molecule has 0 saturated heterocycles. The van der Waals surface area contributed by atoms with Crippen LogP contribution in [0.5, 0.6) is 0 Å². The summed E-state index contributed by atoms with van der Waals surface area (Å²) in [5.41, 5.74) is 2.15. The Morgan fingerprint density at radius 3 is 2.46 bits per heavy atom. The van der Waals surface area contributed by atoms with E-state index in [0.29, 0.717) is 22.9 Å². The van der Waals surface area contributed by atoms with Crippen molar-refractivity contribution < 1.29 is 4.79 Å². The molecular formula is C22H21N5O. The number of hydrogen-bond acceptors (Lipinski definition) is 5. The van der Waals surface area contributed by atoms with Gasteiger partial charge in [0.05, 0.1) is 11.6 Å². The largest absolute Gasteiger partial charge is 0.357 e. The van der Waals surface area contributed by atoms with Crippen LogP contribution in [-0.4, -0.2) is 29.0 Å². The summed E-state index contributed by atoms with van der Waals surface area (Å²) < 4.78 is 0. The Bertz CT molecular complexity index is 1010. The number of anilines is 2. The lowest BCUT2D eigenvalue weighted by Gasteiger charge is -2.21. The number of nitriles is 1. The minimum Gasteiger partial charge on any atom is -0.357 e. The van der Waals surface area contributed by atoms with Crippen LogP contribution in [0.15, 0.2) is 60.7 Å². The van der Waals surface area contributed by atoms with E-state index >= 15 is 0 Å². The molecule has 140 valence electrons. The number of hydrogen-bond donors (Lipinski definition) is 1. The highest BCUT2D eigenvalue weighted by atomic mass is 16.1. The van der Waals surface area contributed by atoms with Crippen LogP contribution in [0.25, 0.3) is 11.4 Å². The van der Waals surface area contributed by atoms with Gasteiger partial charge in [-0.3, -0.25) is 4.79 Å². The van der Waals surface area contributed by atoms with Gasteiger partial charge in [0.1, 0.15) is 11.5 Å². The highest BCUT2D eigenvalue weighted by Crippen LogP contribution is 2.21. The van der Waals surface area contributed by atoms with Gasteiger partial charge in [-0.1, -0.05) is 36.4 Å². The third kappa shape index (κ3) is 4.33. The number of nitrogens with zero attached hydrogens (tertiary/aromatic N) is 4. The minimum atomic E-state index is -0.344. The third-order valence-corrected chi connectivity index (χ3v) is 4.31. The van der Waals surface area contributed by atoms with E-state index in [1.807, 2.05) is 44.2 Å². The number of rotatable bonds is 6. The van der Waals surface area contributed by atoms with E-state index in [1.54, 1.807) is 30.3 Å². The van der Waals surface area contributed by atoms with Crippen molar-refractivity contribution in [1.82, 2.24) is 9.97 Å². The molecule has 0 aliphatic carbocycles. The SMILES string of the molecule is CCN(CC)c1cc(C(=O)Nc2cccc(C#N)c2)nc(-c2ccccc2)n1. The molecule has 0 aliphatic heterocycles. The first-order valence-electron chi connectivity index (χ1n) is 9.15. The highest BCUT2D eigenvalue weighted by molar-refractivity contribution is 6.03. The zero-order valence-electron chi connectivity index (χ0n) is 15.9. The maximum absolute atomic E-state index is 12.8. The van der Waals surface area contributed by atoms with Crippen LogP contribution in [0, 0.1) is 11.3 Å². The molecule has 28 heavy (non-hydrogen) atoms. The normalized spacial score (nSPS) is 10.2. The van der Waals surface area contributed by atoms with Crippen molar-refractivity contribution in [2.75, 3.05) is 23.3 Å². The second-order valence-electron chi connectivity index (χ2n) is 6.12. The molecule has 0 aliphatic rings. The number of benzene rings is 2. The number of nitrogens with one attached hydrogen (secondary N) is 1. The quantitative estimate of drug-likeness (QED) is 0.705. The summed E-state index contributed by atoms with van der Waals surface area (Å²) >= 11 is 0. The van der Waals surface area contributed by atoms with Gasteiger partial charge in [-0.15, -0.1) is 0 Å². The van der Waals surface area contributed by atoms with Crippen molar-refractivity contribution in [1.29, 1.82) is 5.26 Å². The lowest BCUT2D eigenvalue weighted by atomic mass is 10.2. The van der Waals surface area contributed by atoms with Gasteiger partial charge in [0.25, 0.3) is 5.91 Å². The van der Waals surface area contributed by atoms with Crippen molar-refractivity contribution in [2.24, 2.45) is 0 Å². The van der Waals surface area contributed by atoms with Crippen LogP contribution < -0.4 is 10.2 Å². The molecule has 2 aromatic carbocycles. The fourth-order valence-corrected chi connectivity index (χ4v) is 2.84. The number of amides is 1. The Hall–Kier alpha value is -3.72. The maximum Gasteiger partial charge on any atom is 0.274 e. The molecule has 0 radical (unpaired) electrons. The molecule has 3 rings (SSSR count). The van der Waals surface area contributed by atoms with Crippen molar-refractivity contribution in [3.63, 3.8) is 0 Å². The molecule has 1 N–H and O–H groups in total. The number of carbonyl (C=O) groups is 1. The number of carbonyl (C=O) groups excluding carboxylic acids is 1. The Labute approximate surface area is 164 Å². The first kappa shape index (κ1) is 19.1. The average molecular weight is 371 g/mol. The highest BCUT2D eigenvalue weighted by Gasteiger charge is 2.16. The van der Waals surface area contributed by atoms with Crippen LogP contribution in [0.2, 0.25) is 0 Å². The zero-order valence-corrected chi connectivity index (χ0v) is 15.9. The zero-order chi connectivity index (χ0) is 19.9. The minimum absolute atomic E-state index is 0.276. The van der Waals surface area contributed by atoms with Crippen LogP contribution in [0.3, 0.4) is 0 Å². The average Bonchev–Trinajstić information content (AvgIpc) is 2.75. The smallest absolute Gasteiger partial charge is 0.274 e. The monoisotopic (exact) mass is 371 g/mol. The van der Waals surface area contributed by atoms with Gasteiger partial charge in [0, 0.05) is 30.4 Å². The van der Waals surface area contributed by atoms with Crippen LogP contribution >= 0.6 is 0 Å². The standard InChI is InChI=1S/C22H21N5O/c1-3-27(4-2)20-14-19(25-21(26-20)17-10-6-5-7-11-17)22(28)24-18-12-8-9-16(13-18)15-23/h5-14H,3-4H2,1-2H3,(H,24,28). The van der Waals surface area contributed by atoms with Gasteiger partial charge in [-0.25, -0.2) is 9.97 Å². The molecule has 3 aromatic rings. The molecule has 0 spiro atoms. The van der Waals surface area contributed by atoms with Crippen LogP contribution in [0.1, 0.15) is 29.9 Å². The maximum atomic E-state index is 12.8. The van der Waals surface area contributed by atoms with Gasteiger partial charge in [-0.2, -0.15) is 5.26 Å². The first-order valence-corrected chi connectivity index (χ1v) is 9.15. The molecule has 1 heterocycles. The summed E-state index contributed by atoms with van der Waals surface area (Å²) in [6.45, 7) is 5.63. The summed E-state index contributed by atoms with van der Waals surface area (Å²) in [6, 6.07) is 20.1. The lowest BCUT2D eigenvalue weighted by Crippen LogP contribution is -2.24. The molecule has 0 fully saturated rings. The van der Waals surface area contributed by atoms with Crippen molar-refractivity contribution in [3.8, 4) is 17.5 Å². The van der Waals surface area contributed by atoms with E-state index in [4.69, 9.17) is 5.26 Å². The van der Waals surface area contributed by atoms with Gasteiger partial charge in [0.2, 0.25) is 0 Å². The summed E-state index contributed by atoms with van der Waals surface area (Å²) in [5.74, 6) is 0.860. The number of aromatic nitrogens is 2. The molecule has 6 heteroatoms. The van der Waals surface area contributed by atoms with Crippen LogP contribution in [0.4, 0.5) is 11.5 Å². The summed E-state index contributed by atoms with van der Waals surface area (Å²) in [6.07, 6.45) is 0. The van der Waals surface area contributed by atoms with E-state index in [1.165, 1.54) is 0 Å². The van der Waals surface area contributed by atoms with Gasteiger partial charge in [-0.05, 0) is 32.0 Å². The molecule has 0 atom stereocenters. The first-order chi connectivity index (χ1) is 13.6. The van der Waals surface area contributed by atoms with Crippen molar-refractivity contribution in [3.05, 3.63) is 71.9 Å². The molecular weight excluding hydrogens is 350 g/mol. The molecule has 1 amide bonds. The molecule has 0 saturated carbocycles. The van der Waals surface area contributed by atoms with E-state index in [2.05, 4.69) is 26.3 Å². The van der Waals surface area contributed by atoms with Crippen molar-refractivity contribution >= 4 is 17.4 Å². The second-order valence-corrected chi connectivity index (χ2v) is 6.12. The van der Waals surface area contributed by atoms with Gasteiger partial charge in [0.15, 0.2) is 5.82 Å². The molecule has 6 nitrogen and oxygen atoms in total. The van der Waals surface area contributed by atoms with E-state index in [-0.39, 0.29) is 11.6 Å². The Morgan fingerprint density at radius 1 is 1.04 bits per heavy atom. The van der Waals surface area contributed by atoms with Gasteiger partial charge < -0.3 is 10.2 Å². The Balaban J connectivity index is 1.99. The lowest BCUT2D eigenvalue weighted by molar-refractivity contribution is 0.102. The van der Waals surface area contributed by atoms with Crippen LogP contribution in [-0.2, 0) is 0 Å². The summed E-state index contributed by atoms with van der Waals surface area (Å²) in [4.78, 5) is 24.0. The van der Waals surface area contributed by atoms with E-state index < -0.39 is 0 Å². The predicted octanol–water partition coefficient (Wildman–Crippen LogP) is 4.11.